The summed E-state index contributed by atoms with van der Waals surface area (Å²) in [5, 5.41) is 0. The SMILES string of the molecule is C=[N+]=C(CC)CCC(CCC=CN)C(=C)C. The molecule has 0 saturated heterocycles. The molecule has 0 aliphatic rings. The van der Waals surface area contributed by atoms with Gasteiger partial charge in [-0.05, 0) is 38.3 Å². The first-order chi connectivity index (χ1) is 7.65. The third-order valence-corrected chi connectivity index (χ3v) is 2.93. The maximum absolute atomic E-state index is 5.33. The van der Waals surface area contributed by atoms with Crippen molar-refractivity contribution in [3.8, 4) is 0 Å². The summed E-state index contributed by atoms with van der Waals surface area (Å²) < 4.78 is 4.04. The Kier molecular flexibility index (Phi) is 8.28. The fourth-order valence-corrected chi connectivity index (χ4v) is 1.74. The summed E-state index contributed by atoms with van der Waals surface area (Å²) in [6.07, 6.45) is 8.92. The molecule has 0 fully saturated rings. The van der Waals surface area contributed by atoms with E-state index in [2.05, 4.69) is 31.8 Å². The Morgan fingerprint density at radius 1 is 1.44 bits per heavy atom. The van der Waals surface area contributed by atoms with Crippen molar-refractivity contribution in [3.05, 3.63) is 24.4 Å². The lowest BCUT2D eigenvalue weighted by Gasteiger charge is -2.14. The predicted molar refractivity (Wildman–Crippen MR) is 74.7 cm³/mol. The van der Waals surface area contributed by atoms with E-state index in [1.807, 2.05) is 6.08 Å². The minimum absolute atomic E-state index is 0.569. The van der Waals surface area contributed by atoms with Crippen LogP contribution in [-0.4, -0.2) is 12.4 Å². The summed E-state index contributed by atoms with van der Waals surface area (Å²) in [6, 6.07) is 0. The second-order valence-electron chi connectivity index (χ2n) is 4.17. The zero-order valence-corrected chi connectivity index (χ0v) is 10.7. The molecule has 0 spiro atoms. The maximum Gasteiger partial charge on any atom is 0.279 e. The lowest BCUT2D eigenvalue weighted by Crippen LogP contribution is -2.07. The van der Waals surface area contributed by atoms with Gasteiger partial charge in [-0.15, -0.1) is 4.67 Å². The number of rotatable bonds is 8. The molecule has 0 radical (unpaired) electrons. The van der Waals surface area contributed by atoms with Crippen LogP contribution >= 0.6 is 0 Å². The number of nitrogens with two attached hydrogens (primary N) is 1. The normalized spacial score (nSPS) is 12.4. The van der Waals surface area contributed by atoms with Gasteiger partial charge in [-0.2, -0.15) is 0 Å². The van der Waals surface area contributed by atoms with Crippen LogP contribution < -0.4 is 10.4 Å². The number of hydrogen-bond donors (Lipinski definition) is 1. The lowest BCUT2D eigenvalue weighted by atomic mass is 9.90. The van der Waals surface area contributed by atoms with Crippen LogP contribution in [0.3, 0.4) is 0 Å². The van der Waals surface area contributed by atoms with Crippen LogP contribution in [0.15, 0.2) is 24.4 Å². The highest BCUT2D eigenvalue weighted by Gasteiger charge is 2.13. The average Bonchev–Trinajstić information content (AvgIpc) is 2.27. The van der Waals surface area contributed by atoms with E-state index in [1.54, 1.807) is 6.20 Å². The predicted octanol–water partition coefficient (Wildman–Crippen LogP) is 2.83. The molecule has 16 heavy (non-hydrogen) atoms. The molecule has 0 aromatic carbocycles. The molecule has 0 rings (SSSR count). The molecule has 90 valence electrons. The van der Waals surface area contributed by atoms with Crippen LogP contribution in [-0.2, 0) is 0 Å². The molecule has 2 heteroatoms. The Bertz CT molecular complexity index is 283. The first kappa shape index (κ1) is 14.7. The van der Waals surface area contributed by atoms with Gasteiger partial charge in [-0.1, -0.05) is 25.2 Å². The van der Waals surface area contributed by atoms with Gasteiger partial charge < -0.3 is 5.73 Å². The lowest BCUT2D eigenvalue weighted by molar-refractivity contribution is 0.533. The van der Waals surface area contributed by atoms with Crippen LogP contribution in [0.1, 0.15) is 46.0 Å². The Morgan fingerprint density at radius 3 is 2.56 bits per heavy atom. The maximum atomic E-state index is 5.33. The van der Waals surface area contributed by atoms with Crippen molar-refractivity contribution in [1.29, 1.82) is 0 Å². The monoisotopic (exact) mass is 221 g/mol. The van der Waals surface area contributed by atoms with Crippen molar-refractivity contribution >= 4 is 12.4 Å². The molecule has 2 N–H and O–H groups in total. The first-order valence-electron chi connectivity index (χ1n) is 5.99. The molecular weight excluding hydrogens is 196 g/mol. The minimum atomic E-state index is 0.569. The third kappa shape index (κ3) is 6.26. The zero-order chi connectivity index (χ0) is 12.4. The van der Waals surface area contributed by atoms with Crippen LogP contribution in [0.2, 0.25) is 0 Å². The smallest absolute Gasteiger partial charge is 0.279 e. The van der Waals surface area contributed by atoms with Crippen LogP contribution in [0.25, 0.3) is 0 Å². The van der Waals surface area contributed by atoms with Crippen molar-refractivity contribution in [2.24, 2.45) is 11.7 Å². The second kappa shape index (κ2) is 8.99. The van der Waals surface area contributed by atoms with Gasteiger partial charge in [0.15, 0.2) is 0 Å². The van der Waals surface area contributed by atoms with Gasteiger partial charge in [0.05, 0.1) is 0 Å². The van der Waals surface area contributed by atoms with E-state index in [9.17, 15) is 0 Å². The summed E-state index contributed by atoms with van der Waals surface area (Å²) in [6.45, 7) is 11.9. The van der Waals surface area contributed by atoms with E-state index < -0.39 is 0 Å². The number of hydrogen-bond acceptors (Lipinski definition) is 1. The third-order valence-electron chi connectivity index (χ3n) is 2.93. The number of allylic oxidation sites excluding steroid dienone is 2. The van der Waals surface area contributed by atoms with E-state index in [4.69, 9.17) is 5.73 Å². The Labute approximate surface area is 99.7 Å². The first-order valence-corrected chi connectivity index (χ1v) is 5.99. The fraction of sp³-hybridized carbons (Fsp3) is 0.571. The molecule has 2 nitrogen and oxygen atoms in total. The minimum Gasteiger partial charge on any atom is -0.405 e. The standard InChI is InChI=1S/C14H25N2/c1-5-14(16-4)10-9-13(12(2)3)8-6-7-11-15/h7,11,13H,2,4-6,8-10,15H2,1,3H3/q+1. The van der Waals surface area contributed by atoms with E-state index in [0.717, 1.165) is 32.1 Å². The highest BCUT2D eigenvalue weighted by molar-refractivity contribution is 5.84. The Balaban J connectivity index is 4.13. The molecule has 0 aliphatic heterocycles. The quantitative estimate of drug-likeness (QED) is 0.382. The van der Waals surface area contributed by atoms with Gasteiger partial charge >= 0.3 is 0 Å². The second-order valence-corrected chi connectivity index (χ2v) is 4.17. The van der Waals surface area contributed by atoms with Gasteiger partial charge in [0, 0.05) is 12.8 Å². The molecular formula is C14H25N2+. The Morgan fingerprint density at radius 2 is 2.12 bits per heavy atom. The van der Waals surface area contributed by atoms with E-state index in [1.165, 1.54) is 11.3 Å². The summed E-state index contributed by atoms with van der Waals surface area (Å²) in [5.41, 5.74) is 7.78. The van der Waals surface area contributed by atoms with Crippen molar-refractivity contribution < 1.29 is 0 Å². The van der Waals surface area contributed by atoms with Crippen molar-refractivity contribution in [2.75, 3.05) is 0 Å². The van der Waals surface area contributed by atoms with E-state index >= 15 is 0 Å². The van der Waals surface area contributed by atoms with Gasteiger partial charge in [0.2, 0.25) is 0 Å². The largest absolute Gasteiger partial charge is 0.405 e. The highest BCUT2D eigenvalue weighted by Crippen LogP contribution is 2.21. The van der Waals surface area contributed by atoms with E-state index in [0.29, 0.717) is 5.92 Å². The molecule has 0 bridgehead atoms. The molecule has 0 heterocycles. The van der Waals surface area contributed by atoms with E-state index in [-0.39, 0.29) is 0 Å². The van der Waals surface area contributed by atoms with Crippen LogP contribution in [0, 0.1) is 5.92 Å². The zero-order valence-electron chi connectivity index (χ0n) is 10.7. The molecule has 0 saturated carbocycles. The summed E-state index contributed by atoms with van der Waals surface area (Å²) >= 11 is 0. The van der Waals surface area contributed by atoms with Crippen LogP contribution in [0.4, 0.5) is 0 Å². The average molecular weight is 221 g/mol. The molecule has 1 unspecified atom stereocenters. The topological polar surface area (TPSA) is 40.1 Å². The molecule has 0 aliphatic carbocycles. The van der Waals surface area contributed by atoms with Gasteiger partial charge in [-0.25, -0.2) is 0 Å². The van der Waals surface area contributed by atoms with Gasteiger partial charge in [0.25, 0.3) is 12.4 Å². The fourth-order valence-electron chi connectivity index (χ4n) is 1.74. The highest BCUT2D eigenvalue weighted by atomic mass is 14.5. The molecule has 1 atom stereocenters. The summed E-state index contributed by atoms with van der Waals surface area (Å²) in [7, 11) is 0. The summed E-state index contributed by atoms with van der Waals surface area (Å²) in [5.74, 6) is 0.569. The van der Waals surface area contributed by atoms with Gasteiger partial charge in [0.1, 0.15) is 0 Å². The number of nitrogens with zero attached hydrogens (tertiary/aromatic N) is 1. The van der Waals surface area contributed by atoms with Gasteiger partial charge in [-0.3, -0.25) is 0 Å². The molecule has 0 aromatic heterocycles. The molecule has 0 aromatic rings. The van der Waals surface area contributed by atoms with Crippen molar-refractivity contribution in [2.45, 2.75) is 46.0 Å². The van der Waals surface area contributed by atoms with Crippen molar-refractivity contribution in [1.82, 2.24) is 4.67 Å². The Hall–Kier alpha value is -1.27. The summed E-state index contributed by atoms with van der Waals surface area (Å²) in [4.78, 5) is 0. The molecule has 0 amide bonds. The van der Waals surface area contributed by atoms with Crippen LogP contribution in [0.5, 0.6) is 0 Å². The van der Waals surface area contributed by atoms with Crippen molar-refractivity contribution in [3.63, 3.8) is 0 Å².